The van der Waals surface area contributed by atoms with E-state index in [1.165, 1.54) is 20.3 Å². The number of fused-ring (bicyclic) bond motifs is 3. The highest BCUT2D eigenvalue weighted by molar-refractivity contribution is 6.31. The topological polar surface area (TPSA) is 150 Å². The number of anilines is 3. The predicted molar refractivity (Wildman–Crippen MR) is 197 cm³/mol. The molecule has 0 fully saturated rings. The van der Waals surface area contributed by atoms with Gasteiger partial charge in [-0.3, -0.25) is 9.79 Å². The lowest BCUT2D eigenvalue weighted by Crippen LogP contribution is -2.32. The molecule has 4 N–H and O–H groups in total. The fraction of sp³-hybridized carbons (Fsp3) is 0.154. The Bertz CT molecular complexity index is 2380. The zero-order valence-corrected chi connectivity index (χ0v) is 29.7. The molecule has 55 heavy (non-hydrogen) atoms. The molecule has 0 spiro atoms. The Morgan fingerprint density at radius 2 is 1.71 bits per heavy atom. The summed E-state index contributed by atoms with van der Waals surface area (Å²) in [5.74, 6) is 2.65. The molecular weight excluding hydrogens is 744 g/mol. The molecule has 1 aliphatic heterocycles. The van der Waals surface area contributed by atoms with Crippen molar-refractivity contribution < 1.29 is 41.4 Å². The Morgan fingerprint density at radius 3 is 2.44 bits per heavy atom. The van der Waals surface area contributed by atoms with Gasteiger partial charge in [0.2, 0.25) is 5.95 Å². The molecular formula is C39H29ClF4N6O5. The first-order valence-electron chi connectivity index (χ1n) is 16.3. The van der Waals surface area contributed by atoms with Crippen LogP contribution in [0.4, 0.5) is 34.9 Å². The Morgan fingerprint density at radius 1 is 0.964 bits per heavy atom. The maximum atomic E-state index is 15.2. The average molecular weight is 773 g/mol. The highest BCUT2D eigenvalue weighted by atomic mass is 35.5. The van der Waals surface area contributed by atoms with E-state index in [1.807, 2.05) is 0 Å². The second-order valence-corrected chi connectivity index (χ2v) is 12.2. The summed E-state index contributed by atoms with van der Waals surface area (Å²) in [7, 11) is 2.88. The van der Waals surface area contributed by atoms with Gasteiger partial charge in [0.15, 0.2) is 0 Å². The van der Waals surface area contributed by atoms with E-state index in [0.717, 1.165) is 0 Å². The van der Waals surface area contributed by atoms with Crippen molar-refractivity contribution in [2.75, 3.05) is 31.5 Å². The Hall–Kier alpha value is -6.50. The minimum Gasteiger partial charge on any atom is -0.496 e. The zero-order valence-electron chi connectivity index (χ0n) is 28.9. The van der Waals surface area contributed by atoms with Gasteiger partial charge in [0.25, 0.3) is 5.91 Å². The lowest BCUT2D eigenvalue weighted by Gasteiger charge is -2.15. The average Bonchev–Trinajstić information content (AvgIpc) is 3.32. The number of carbonyl (C=O) groups excluding carboxylic acids is 2. The summed E-state index contributed by atoms with van der Waals surface area (Å²) in [5, 5.41) is 6.34. The second-order valence-electron chi connectivity index (χ2n) is 11.8. The number of nitrogens with one attached hydrogen (secondary N) is 2. The maximum Gasteiger partial charge on any atom is 0.490 e. The molecule has 0 radical (unpaired) electrons. The number of carbonyl (C=O) groups is 2. The van der Waals surface area contributed by atoms with Crippen molar-refractivity contribution in [1.82, 2.24) is 9.97 Å². The SMILES string of the molecule is COc1cc(Nc2ncc3c(n2)-c2ccc(Cl)cc2C(c2c(F)cccc2OC)=NC3)ccc1C(=O)Nc1ccc(C#CC(N)COC(=O)C(F)(F)F)cc1. The van der Waals surface area contributed by atoms with Crippen LogP contribution in [0.1, 0.15) is 32.6 Å². The number of amides is 1. The molecule has 11 nitrogen and oxygen atoms in total. The second kappa shape index (κ2) is 16.3. The summed E-state index contributed by atoms with van der Waals surface area (Å²) >= 11 is 6.41. The molecule has 4 aromatic carbocycles. The number of aliphatic imine (C=N–C) groups is 1. The van der Waals surface area contributed by atoms with Gasteiger partial charge in [-0.25, -0.2) is 19.2 Å². The molecule has 1 unspecified atom stereocenters. The van der Waals surface area contributed by atoms with Gasteiger partial charge in [0.05, 0.1) is 43.3 Å². The van der Waals surface area contributed by atoms with Gasteiger partial charge in [0, 0.05) is 50.9 Å². The van der Waals surface area contributed by atoms with Crippen molar-refractivity contribution in [3.05, 3.63) is 124 Å². The van der Waals surface area contributed by atoms with Gasteiger partial charge < -0.3 is 30.6 Å². The van der Waals surface area contributed by atoms with Crippen molar-refractivity contribution in [3.8, 4) is 34.6 Å². The fourth-order valence-electron chi connectivity index (χ4n) is 5.49. The first-order valence-corrected chi connectivity index (χ1v) is 16.6. The van der Waals surface area contributed by atoms with E-state index in [0.29, 0.717) is 55.8 Å². The number of rotatable bonds is 9. The van der Waals surface area contributed by atoms with Crippen LogP contribution < -0.4 is 25.8 Å². The van der Waals surface area contributed by atoms with E-state index < -0.39 is 36.5 Å². The Balaban J connectivity index is 1.16. The van der Waals surface area contributed by atoms with Gasteiger partial charge >= 0.3 is 12.1 Å². The summed E-state index contributed by atoms with van der Waals surface area (Å²) in [4.78, 5) is 38.1. The van der Waals surface area contributed by atoms with E-state index in [1.54, 1.807) is 79.0 Å². The van der Waals surface area contributed by atoms with Gasteiger partial charge in [-0.15, -0.1) is 0 Å². The van der Waals surface area contributed by atoms with Crippen LogP contribution in [0.2, 0.25) is 5.02 Å². The standard InChI is InChI=1S/C39H29ClF4N6O5/c1-53-31-5-3-4-30(41)33(31)35-29-16-23(40)9-14-27(29)34-22(18-46-35)19-47-38(50-34)49-26-13-15-28(32(17-26)54-2)36(51)48-25-11-7-21(8-12-25)6-10-24(45)20-55-37(52)39(42,43)44/h3-5,7-9,11-17,19,24H,18,20,45H2,1-2H3,(H,48,51)(H,47,49,50). The molecule has 5 aromatic rings. The molecule has 0 bridgehead atoms. The third-order valence-electron chi connectivity index (χ3n) is 8.07. The number of nitrogens with two attached hydrogens (primary N) is 1. The van der Waals surface area contributed by atoms with Crippen LogP contribution in [0.3, 0.4) is 0 Å². The molecule has 280 valence electrons. The van der Waals surface area contributed by atoms with E-state index >= 15 is 4.39 Å². The van der Waals surface area contributed by atoms with Crippen LogP contribution in [0, 0.1) is 17.7 Å². The summed E-state index contributed by atoms with van der Waals surface area (Å²) < 4.78 is 67.2. The molecule has 1 amide bonds. The van der Waals surface area contributed by atoms with Gasteiger partial charge in [-0.05, 0) is 60.7 Å². The number of esters is 1. The number of aromatic nitrogens is 2. The van der Waals surface area contributed by atoms with Crippen molar-refractivity contribution in [1.29, 1.82) is 0 Å². The summed E-state index contributed by atoms with van der Waals surface area (Å²) in [6.45, 7) is -0.575. The summed E-state index contributed by atoms with van der Waals surface area (Å²) in [6.07, 6.45) is -3.49. The van der Waals surface area contributed by atoms with Crippen LogP contribution in [0.15, 0.2) is 90.1 Å². The minimum atomic E-state index is -5.12. The number of nitrogens with zero attached hydrogens (tertiary/aromatic N) is 3. The number of hydrogen-bond acceptors (Lipinski definition) is 10. The number of hydrogen-bond donors (Lipinski definition) is 3. The van der Waals surface area contributed by atoms with E-state index in [4.69, 9.17) is 36.8 Å². The van der Waals surface area contributed by atoms with Crippen LogP contribution in [0.25, 0.3) is 11.3 Å². The molecule has 1 aromatic heterocycles. The molecule has 1 aliphatic rings. The van der Waals surface area contributed by atoms with Crippen molar-refractivity contribution in [2.24, 2.45) is 10.7 Å². The minimum absolute atomic E-state index is 0.156. The molecule has 0 aliphatic carbocycles. The lowest BCUT2D eigenvalue weighted by molar-refractivity contribution is -0.199. The summed E-state index contributed by atoms with van der Waals surface area (Å²) in [6, 6.07) is 19.7. The third-order valence-corrected chi connectivity index (χ3v) is 8.30. The number of ether oxygens (including phenoxy) is 3. The number of alkyl halides is 3. The Kier molecular flexibility index (Phi) is 11.3. The highest BCUT2D eigenvalue weighted by Gasteiger charge is 2.41. The lowest BCUT2D eigenvalue weighted by atomic mass is 9.94. The van der Waals surface area contributed by atoms with Crippen molar-refractivity contribution in [3.63, 3.8) is 0 Å². The number of benzene rings is 4. The summed E-state index contributed by atoms with van der Waals surface area (Å²) in [5.41, 5.74) is 10.3. The Labute approximate surface area is 316 Å². The van der Waals surface area contributed by atoms with Crippen LogP contribution >= 0.6 is 11.6 Å². The molecule has 0 saturated heterocycles. The maximum absolute atomic E-state index is 15.2. The number of methoxy groups -OCH3 is 2. The molecule has 6 rings (SSSR count). The normalized spacial score (nSPS) is 12.4. The quantitative estimate of drug-likeness (QED) is 0.0812. The van der Waals surface area contributed by atoms with Crippen LogP contribution in [0.5, 0.6) is 11.5 Å². The third kappa shape index (κ3) is 8.84. The molecule has 1 atom stereocenters. The smallest absolute Gasteiger partial charge is 0.490 e. The van der Waals surface area contributed by atoms with E-state index in [2.05, 4.69) is 32.2 Å². The van der Waals surface area contributed by atoms with Gasteiger partial charge in [-0.2, -0.15) is 13.2 Å². The van der Waals surface area contributed by atoms with E-state index in [-0.39, 0.29) is 29.4 Å². The van der Waals surface area contributed by atoms with Gasteiger partial charge in [-0.1, -0.05) is 35.6 Å². The largest absolute Gasteiger partial charge is 0.496 e. The first-order chi connectivity index (χ1) is 26.3. The van der Waals surface area contributed by atoms with Crippen molar-refractivity contribution in [2.45, 2.75) is 18.8 Å². The van der Waals surface area contributed by atoms with E-state index in [9.17, 15) is 22.8 Å². The molecule has 0 saturated carbocycles. The first kappa shape index (κ1) is 38.2. The van der Waals surface area contributed by atoms with Crippen LogP contribution in [-0.2, 0) is 16.1 Å². The molecule has 2 heterocycles. The van der Waals surface area contributed by atoms with Gasteiger partial charge in [0.1, 0.15) is 30.0 Å². The predicted octanol–water partition coefficient (Wildman–Crippen LogP) is 7.08. The van der Waals surface area contributed by atoms with Crippen LogP contribution in [-0.4, -0.2) is 60.6 Å². The highest BCUT2D eigenvalue weighted by Crippen LogP contribution is 2.36. The van der Waals surface area contributed by atoms with Crippen molar-refractivity contribution >= 4 is 46.5 Å². The zero-order chi connectivity index (χ0) is 39.3. The fourth-order valence-corrected chi connectivity index (χ4v) is 5.66. The molecule has 16 heteroatoms. The monoisotopic (exact) mass is 772 g/mol. The number of halogens is 5.